The molecule has 0 saturated carbocycles. The molecule has 10 heteroatoms. The summed E-state index contributed by atoms with van der Waals surface area (Å²) in [5.74, 6) is -1.58. The minimum absolute atomic E-state index is 0.133. The van der Waals surface area contributed by atoms with Crippen molar-refractivity contribution in [3.63, 3.8) is 0 Å². The van der Waals surface area contributed by atoms with Gasteiger partial charge in [-0.15, -0.1) is 0 Å². The number of nitro benzene ring substituents is 1. The highest BCUT2D eigenvalue weighted by molar-refractivity contribution is 5.94. The molecule has 3 atom stereocenters. The molecule has 144 valence electrons. The van der Waals surface area contributed by atoms with Crippen LogP contribution in [0.25, 0.3) is 0 Å². The summed E-state index contributed by atoms with van der Waals surface area (Å²) in [6, 6.07) is 5.06. The van der Waals surface area contributed by atoms with Gasteiger partial charge in [0.25, 0.3) is 11.6 Å². The third-order valence-corrected chi connectivity index (χ3v) is 3.53. The van der Waals surface area contributed by atoms with Crippen molar-refractivity contribution in [2.45, 2.75) is 32.3 Å². The molecule has 1 aromatic rings. The number of hydrogen-bond acceptors (Lipinski definition) is 8. The zero-order valence-electron chi connectivity index (χ0n) is 14.6. The van der Waals surface area contributed by atoms with E-state index in [9.17, 15) is 24.5 Å². The van der Waals surface area contributed by atoms with Crippen molar-refractivity contribution in [1.82, 2.24) is 5.32 Å². The minimum atomic E-state index is -0.861. The number of nitro groups is 1. The van der Waals surface area contributed by atoms with E-state index in [1.54, 1.807) is 0 Å². The van der Waals surface area contributed by atoms with Gasteiger partial charge < -0.3 is 19.5 Å². The largest absolute Gasteiger partial charge is 0.463 e. The second-order valence-corrected chi connectivity index (χ2v) is 5.63. The Labute approximate surface area is 154 Å². The lowest BCUT2D eigenvalue weighted by molar-refractivity contribution is -0.384. The van der Waals surface area contributed by atoms with Crippen LogP contribution in [0.4, 0.5) is 5.69 Å². The molecule has 2 rings (SSSR count). The van der Waals surface area contributed by atoms with Crippen LogP contribution in [0.1, 0.15) is 24.2 Å². The van der Waals surface area contributed by atoms with Gasteiger partial charge in [0, 0.05) is 31.5 Å². The first-order chi connectivity index (χ1) is 12.8. The predicted octanol–water partition coefficient (Wildman–Crippen LogP) is 1.10. The van der Waals surface area contributed by atoms with E-state index in [-0.39, 0.29) is 17.9 Å². The summed E-state index contributed by atoms with van der Waals surface area (Å²) in [5, 5.41) is 13.2. The van der Waals surface area contributed by atoms with Crippen LogP contribution in [0.2, 0.25) is 0 Å². The Morgan fingerprint density at radius 3 is 2.37 bits per heavy atom. The Bertz CT molecular complexity index is 759. The Hall–Kier alpha value is -3.27. The molecule has 0 unspecified atom stereocenters. The van der Waals surface area contributed by atoms with E-state index in [1.807, 2.05) is 0 Å². The standard InChI is InChI=1S/C17H18N2O8/c1-10(20)25-9-15-14(26-11(2)21)7-8-16(27-15)18-17(22)12-3-5-13(6-4-12)19(23)24/h3-8,14-16H,9H2,1-2H3,(H,18,22)/t14-,15+,16-/m0/s1. The lowest BCUT2D eigenvalue weighted by Crippen LogP contribution is -2.47. The van der Waals surface area contributed by atoms with Gasteiger partial charge in [-0.05, 0) is 24.3 Å². The number of benzene rings is 1. The fraction of sp³-hybridized carbons (Fsp3) is 0.353. The molecule has 1 N–H and O–H groups in total. The molecular weight excluding hydrogens is 360 g/mol. The molecule has 1 heterocycles. The summed E-state index contributed by atoms with van der Waals surface area (Å²) >= 11 is 0. The average molecular weight is 378 g/mol. The monoisotopic (exact) mass is 378 g/mol. The normalized spacial score (nSPS) is 21.2. The number of rotatable bonds is 6. The highest BCUT2D eigenvalue weighted by Gasteiger charge is 2.31. The third-order valence-electron chi connectivity index (χ3n) is 3.53. The maximum absolute atomic E-state index is 12.3. The second kappa shape index (κ2) is 8.90. The second-order valence-electron chi connectivity index (χ2n) is 5.63. The van der Waals surface area contributed by atoms with Gasteiger partial charge in [0.2, 0.25) is 0 Å². The summed E-state index contributed by atoms with van der Waals surface area (Å²) in [7, 11) is 0. The van der Waals surface area contributed by atoms with E-state index in [4.69, 9.17) is 14.2 Å². The molecule has 0 aromatic heterocycles. The van der Waals surface area contributed by atoms with Gasteiger partial charge in [-0.25, -0.2) is 0 Å². The molecule has 27 heavy (non-hydrogen) atoms. The van der Waals surface area contributed by atoms with Crippen LogP contribution >= 0.6 is 0 Å². The molecule has 10 nitrogen and oxygen atoms in total. The van der Waals surface area contributed by atoms with E-state index in [0.29, 0.717) is 0 Å². The SMILES string of the molecule is CC(=O)OC[C@H]1O[C@H](NC(=O)c2ccc([N+](=O)[O-])cc2)C=C[C@@H]1OC(C)=O. The van der Waals surface area contributed by atoms with Crippen LogP contribution in [-0.2, 0) is 23.8 Å². The number of carbonyl (C=O) groups excluding carboxylic acids is 3. The summed E-state index contributed by atoms with van der Waals surface area (Å²) in [6.07, 6.45) is 0.584. The van der Waals surface area contributed by atoms with Crippen molar-refractivity contribution >= 4 is 23.5 Å². The number of nitrogens with zero attached hydrogens (tertiary/aromatic N) is 1. The predicted molar refractivity (Wildman–Crippen MR) is 90.6 cm³/mol. The van der Waals surface area contributed by atoms with Gasteiger partial charge in [0.05, 0.1) is 4.92 Å². The molecule has 1 aliphatic heterocycles. The van der Waals surface area contributed by atoms with E-state index >= 15 is 0 Å². The number of amides is 1. The number of nitrogens with one attached hydrogen (secondary N) is 1. The number of non-ortho nitro benzene ring substituents is 1. The minimum Gasteiger partial charge on any atom is -0.463 e. The Morgan fingerprint density at radius 2 is 1.81 bits per heavy atom. The lowest BCUT2D eigenvalue weighted by Gasteiger charge is -2.31. The number of hydrogen-bond donors (Lipinski definition) is 1. The van der Waals surface area contributed by atoms with E-state index in [1.165, 1.54) is 50.3 Å². The van der Waals surface area contributed by atoms with Gasteiger partial charge in [-0.2, -0.15) is 0 Å². The van der Waals surface area contributed by atoms with Crippen molar-refractivity contribution in [1.29, 1.82) is 0 Å². The molecular formula is C17H18N2O8. The quantitative estimate of drug-likeness (QED) is 0.337. The molecule has 0 spiro atoms. The van der Waals surface area contributed by atoms with Crippen molar-refractivity contribution in [3.8, 4) is 0 Å². The lowest BCUT2D eigenvalue weighted by atomic mass is 10.1. The van der Waals surface area contributed by atoms with Crippen LogP contribution in [0.3, 0.4) is 0 Å². The molecule has 0 fully saturated rings. The van der Waals surface area contributed by atoms with Crippen LogP contribution in [0.15, 0.2) is 36.4 Å². The van der Waals surface area contributed by atoms with Crippen molar-refractivity contribution in [2.24, 2.45) is 0 Å². The number of esters is 2. The van der Waals surface area contributed by atoms with Crippen molar-refractivity contribution in [2.75, 3.05) is 6.61 Å². The van der Waals surface area contributed by atoms with E-state index in [0.717, 1.165) is 0 Å². The highest BCUT2D eigenvalue weighted by atomic mass is 16.6. The fourth-order valence-electron chi connectivity index (χ4n) is 2.32. The molecule has 1 amide bonds. The van der Waals surface area contributed by atoms with Gasteiger partial charge in [-0.1, -0.05) is 0 Å². The zero-order valence-corrected chi connectivity index (χ0v) is 14.6. The van der Waals surface area contributed by atoms with Crippen LogP contribution < -0.4 is 5.32 Å². The first-order valence-corrected chi connectivity index (χ1v) is 7.96. The van der Waals surface area contributed by atoms with Crippen LogP contribution in [-0.4, -0.2) is 47.8 Å². The summed E-state index contributed by atoms with van der Waals surface area (Å²) in [5.41, 5.74) is 0.0716. The molecule has 1 aromatic carbocycles. The van der Waals surface area contributed by atoms with Crippen LogP contribution in [0.5, 0.6) is 0 Å². The van der Waals surface area contributed by atoms with Gasteiger partial charge in [0.15, 0.2) is 0 Å². The fourth-order valence-corrected chi connectivity index (χ4v) is 2.32. The molecule has 1 aliphatic rings. The number of ether oxygens (including phenoxy) is 3. The Kier molecular flexibility index (Phi) is 6.61. The first-order valence-electron chi connectivity index (χ1n) is 7.96. The van der Waals surface area contributed by atoms with E-state index < -0.39 is 41.2 Å². The molecule has 0 radical (unpaired) electrons. The van der Waals surface area contributed by atoms with Gasteiger partial charge >= 0.3 is 11.9 Å². The maximum Gasteiger partial charge on any atom is 0.303 e. The number of carbonyl (C=O) groups is 3. The average Bonchev–Trinajstić information content (AvgIpc) is 2.61. The zero-order chi connectivity index (χ0) is 20.0. The summed E-state index contributed by atoms with van der Waals surface area (Å²) in [6.45, 7) is 2.30. The topological polar surface area (TPSA) is 134 Å². The van der Waals surface area contributed by atoms with Gasteiger partial charge in [0.1, 0.15) is 25.0 Å². The highest BCUT2D eigenvalue weighted by Crippen LogP contribution is 2.17. The summed E-state index contributed by atoms with van der Waals surface area (Å²) < 4.78 is 15.6. The Morgan fingerprint density at radius 1 is 1.15 bits per heavy atom. The molecule has 0 bridgehead atoms. The Balaban J connectivity index is 2.04. The third kappa shape index (κ3) is 5.89. The van der Waals surface area contributed by atoms with Crippen LogP contribution in [0, 0.1) is 10.1 Å². The summed E-state index contributed by atoms with van der Waals surface area (Å²) in [4.78, 5) is 44.5. The molecule has 0 saturated heterocycles. The maximum atomic E-state index is 12.3. The first kappa shape index (κ1) is 20.0. The smallest absolute Gasteiger partial charge is 0.303 e. The van der Waals surface area contributed by atoms with Gasteiger partial charge in [-0.3, -0.25) is 24.5 Å². The van der Waals surface area contributed by atoms with E-state index in [2.05, 4.69) is 5.32 Å². The molecule has 0 aliphatic carbocycles. The van der Waals surface area contributed by atoms with Crippen molar-refractivity contribution in [3.05, 3.63) is 52.1 Å². The van der Waals surface area contributed by atoms with Crippen molar-refractivity contribution < 1.29 is 33.5 Å².